The minimum Gasteiger partial charge on any atom is -0.353 e. The van der Waals surface area contributed by atoms with Crippen molar-refractivity contribution in [3.05, 3.63) is 0 Å². The number of hydrogen-bond acceptors (Lipinski definition) is 3. The van der Waals surface area contributed by atoms with Crippen LogP contribution in [0.2, 0.25) is 0 Å². The molecule has 0 radical (unpaired) electrons. The van der Waals surface area contributed by atoms with Gasteiger partial charge in [-0.3, -0.25) is 9.69 Å². The summed E-state index contributed by atoms with van der Waals surface area (Å²) < 4.78 is 0. The fraction of sp³-hybridized carbons (Fsp3) is 0.933. The van der Waals surface area contributed by atoms with E-state index in [-0.39, 0.29) is 5.91 Å². The van der Waals surface area contributed by atoms with Gasteiger partial charge in [0.2, 0.25) is 5.91 Å². The van der Waals surface area contributed by atoms with Crippen LogP contribution < -0.4 is 10.6 Å². The van der Waals surface area contributed by atoms with Crippen LogP contribution in [0, 0.1) is 5.92 Å². The van der Waals surface area contributed by atoms with Crippen LogP contribution in [-0.2, 0) is 4.79 Å². The Morgan fingerprint density at radius 1 is 1.37 bits per heavy atom. The van der Waals surface area contributed by atoms with Gasteiger partial charge in [-0.25, -0.2) is 0 Å². The summed E-state index contributed by atoms with van der Waals surface area (Å²) in [5, 5.41) is 6.44. The van der Waals surface area contributed by atoms with Crippen molar-refractivity contribution in [3.63, 3.8) is 0 Å². The van der Waals surface area contributed by atoms with Crippen molar-refractivity contribution in [1.82, 2.24) is 15.5 Å². The first-order chi connectivity index (χ1) is 8.99. The van der Waals surface area contributed by atoms with Crippen LogP contribution in [-0.4, -0.2) is 49.6 Å². The molecule has 1 rings (SSSR count). The summed E-state index contributed by atoms with van der Waals surface area (Å²) in [6, 6.07) is 0.809. The molecular formula is C15H31N3O. The molecule has 1 aliphatic rings. The standard InChI is InChI=1S/C15H31N3O/c1-12(2)6-5-7-13(3)17-15(19)11-18(4)14-8-9-16-10-14/h12-14,16H,5-11H2,1-4H3,(H,17,19). The molecule has 0 aliphatic carbocycles. The average molecular weight is 269 g/mol. The van der Waals surface area contributed by atoms with Gasteiger partial charge in [0.1, 0.15) is 0 Å². The third-order valence-electron chi connectivity index (χ3n) is 3.88. The minimum atomic E-state index is 0.159. The Bertz CT molecular complexity index is 262. The predicted octanol–water partition coefficient (Wildman–Crippen LogP) is 1.61. The van der Waals surface area contributed by atoms with Gasteiger partial charge in [-0.05, 0) is 39.3 Å². The zero-order valence-electron chi connectivity index (χ0n) is 13.0. The Hall–Kier alpha value is -0.610. The quantitative estimate of drug-likeness (QED) is 0.704. The van der Waals surface area contributed by atoms with Crippen molar-refractivity contribution < 1.29 is 4.79 Å². The maximum absolute atomic E-state index is 11.9. The van der Waals surface area contributed by atoms with Crippen LogP contribution >= 0.6 is 0 Å². The molecule has 0 aromatic heterocycles. The van der Waals surface area contributed by atoms with E-state index in [0.29, 0.717) is 18.6 Å². The van der Waals surface area contributed by atoms with Gasteiger partial charge in [-0.1, -0.05) is 26.7 Å². The molecule has 0 saturated carbocycles. The molecule has 2 unspecified atom stereocenters. The summed E-state index contributed by atoms with van der Waals surface area (Å²) in [5.74, 6) is 0.912. The lowest BCUT2D eigenvalue weighted by Crippen LogP contribution is -2.43. The molecule has 0 aromatic carbocycles. The second-order valence-corrected chi connectivity index (χ2v) is 6.36. The summed E-state index contributed by atoms with van der Waals surface area (Å²) in [4.78, 5) is 14.1. The van der Waals surface area contributed by atoms with E-state index in [1.54, 1.807) is 0 Å². The maximum Gasteiger partial charge on any atom is 0.234 e. The highest BCUT2D eigenvalue weighted by molar-refractivity contribution is 5.78. The number of nitrogens with one attached hydrogen (secondary N) is 2. The maximum atomic E-state index is 11.9. The number of carbonyl (C=O) groups is 1. The number of nitrogens with zero attached hydrogens (tertiary/aromatic N) is 1. The number of carbonyl (C=O) groups excluding carboxylic acids is 1. The fourth-order valence-corrected chi connectivity index (χ4v) is 2.60. The van der Waals surface area contributed by atoms with E-state index in [1.807, 2.05) is 7.05 Å². The van der Waals surface area contributed by atoms with Gasteiger partial charge in [0.15, 0.2) is 0 Å². The summed E-state index contributed by atoms with van der Waals surface area (Å²) in [6.07, 6.45) is 4.67. The summed E-state index contributed by atoms with van der Waals surface area (Å²) in [5.41, 5.74) is 0. The number of rotatable bonds is 8. The lowest BCUT2D eigenvalue weighted by atomic mass is 10.0. The van der Waals surface area contributed by atoms with Gasteiger partial charge < -0.3 is 10.6 Å². The zero-order chi connectivity index (χ0) is 14.3. The molecular weight excluding hydrogens is 238 g/mol. The highest BCUT2D eigenvalue weighted by Crippen LogP contribution is 2.09. The average Bonchev–Trinajstić information content (AvgIpc) is 2.81. The minimum absolute atomic E-state index is 0.159. The third-order valence-corrected chi connectivity index (χ3v) is 3.88. The van der Waals surface area contributed by atoms with Gasteiger partial charge in [0, 0.05) is 18.6 Å². The van der Waals surface area contributed by atoms with Gasteiger partial charge in [-0.2, -0.15) is 0 Å². The topological polar surface area (TPSA) is 44.4 Å². The molecule has 1 fully saturated rings. The third kappa shape index (κ3) is 6.92. The molecule has 2 N–H and O–H groups in total. The molecule has 2 atom stereocenters. The monoisotopic (exact) mass is 269 g/mol. The Kier molecular flexibility index (Phi) is 7.39. The number of amides is 1. The Morgan fingerprint density at radius 3 is 2.68 bits per heavy atom. The van der Waals surface area contributed by atoms with E-state index in [1.165, 1.54) is 12.8 Å². The first-order valence-corrected chi connectivity index (χ1v) is 7.69. The normalized spacial score (nSPS) is 21.1. The molecule has 1 amide bonds. The van der Waals surface area contributed by atoms with Crippen molar-refractivity contribution in [2.75, 3.05) is 26.7 Å². The van der Waals surface area contributed by atoms with Crippen LogP contribution in [0.4, 0.5) is 0 Å². The first kappa shape index (κ1) is 16.4. The molecule has 0 spiro atoms. The van der Waals surface area contributed by atoms with Gasteiger partial charge >= 0.3 is 0 Å². The molecule has 0 bridgehead atoms. The van der Waals surface area contributed by atoms with Gasteiger partial charge in [0.25, 0.3) is 0 Å². The summed E-state index contributed by atoms with van der Waals surface area (Å²) >= 11 is 0. The molecule has 1 saturated heterocycles. The van der Waals surface area contributed by atoms with E-state index < -0.39 is 0 Å². The van der Waals surface area contributed by atoms with Crippen molar-refractivity contribution in [2.45, 2.75) is 58.5 Å². The zero-order valence-corrected chi connectivity index (χ0v) is 13.0. The van der Waals surface area contributed by atoms with E-state index in [0.717, 1.165) is 31.8 Å². The lowest BCUT2D eigenvalue weighted by Gasteiger charge is -2.24. The smallest absolute Gasteiger partial charge is 0.234 e. The highest BCUT2D eigenvalue weighted by atomic mass is 16.2. The van der Waals surface area contributed by atoms with Crippen LogP contribution in [0.15, 0.2) is 0 Å². The van der Waals surface area contributed by atoms with E-state index in [2.05, 4.69) is 36.3 Å². The molecule has 1 heterocycles. The highest BCUT2D eigenvalue weighted by Gasteiger charge is 2.21. The molecule has 4 nitrogen and oxygen atoms in total. The van der Waals surface area contributed by atoms with Crippen molar-refractivity contribution >= 4 is 5.91 Å². The molecule has 19 heavy (non-hydrogen) atoms. The Balaban J connectivity index is 2.15. The van der Waals surface area contributed by atoms with Crippen LogP contribution in [0.3, 0.4) is 0 Å². The second-order valence-electron chi connectivity index (χ2n) is 6.36. The molecule has 0 aromatic rings. The van der Waals surface area contributed by atoms with E-state index in [4.69, 9.17) is 0 Å². The van der Waals surface area contributed by atoms with Gasteiger partial charge in [-0.15, -0.1) is 0 Å². The largest absolute Gasteiger partial charge is 0.353 e. The van der Waals surface area contributed by atoms with Crippen molar-refractivity contribution in [3.8, 4) is 0 Å². The molecule has 1 aliphatic heterocycles. The number of hydrogen-bond donors (Lipinski definition) is 2. The SMILES string of the molecule is CC(C)CCCC(C)NC(=O)CN(C)C1CCNC1. The lowest BCUT2D eigenvalue weighted by molar-refractivity contribution is -0.123. The molecule has 112 valence electrons. The van der Waals surface area contributed by atoms with Crippen molar-refractivity contribution in [2.24, 2.45) is 5.92 Å². The van der Waals surface area contributed by atoms with Crippen LogP contribution in [0.1, 0.15) is 46.5 Å². The Morgan fingerprint density at radius 2 is 2.11 bits per heavy atom. The summed E-state index contributed by atoms with van der Waals surface area (Å²) in [6.45, 7) is 9.19. The van der Waals surface area contributed by atoms with E-state index >= 15 is 0 Å². The summed E-state index contributed by atoms with van der Waals surface area (Å²) in [7, 11) is 2.04. The number of likely N-dealkylation sites (N-methyl/N-ethyl adjacent to an activating group) is 1. The van der Waals surface area contributed by atoms with E-state index in [9.17, 15) is 4.79 Å². The predicted molar refractivity (Wildman–Crippen MR) is 80.2 cm³/mol. The Labute approximate surface area is 118 Å². The molecule has 4 heteroatoms. The fourth-order valence-electron chi connectivity index (χ4n) is 2.60. The van der Waals surface area contributed by atoms with Crippen LogP contribution in [0.5, 0.6) is 0 Å². The van der Waals surface area contributed by atoms with Crippen molar-refractivity contribution in [1.29, 1.82) is 0 Å². The second kappa shape index (κ2) is 8.54. The van der Waals surface area contributed by atoms with Gasteiger partial charge in [0.05, 0.1) is 6.54 Å². The van der Waals surface area contributed by atoms with Crippen LogP contribution in [0.25, 0.3) is 0 Å². The first-order valence-electron chi connectivity index (χ1n) is 7.69.